The van der Waals surface area contributed by atoms with E-state index in [4.69, 9.17) is 14.2 Å². The van der Waals surface area contributed by atoms with Crippen LogP contribution in [0, 0.1) is 0 Å². The fraction of sp³-hybridized carbons (Fsp3) is 0.571. The van der Waals surface area contributed by atoms with Crippen LogP contribution in [-0.2, 0) is 9.47 Å². The zero-order chi connectivity index (χ0) is 12.8. The number of hydrogen-bond acceptors (Lipinski definition) is 4. The molecule has 1 atom stereocenters. The van der Waals surface area contributed by atoms with E-state index in [9.17, 15) is 5.11 Å². The summed E-state index contributed by atoms with van der Waals surface area (Å²) in [4.78, 5) is 0. The van der Waals surface area contributed by atoms with E-state index in [1.165, 1.54) is 0 Å². The molecule has 4 nitrogen and oxygen atoms in total. The Morgan fingerprint density at radius 1 is 1.33 bits per heavy atom. The first-order valence-electron chi connectivity index (χ1n) is 6.31. The average Bonchev–Trinajstić information content (AvgIpc) is 2.45. The number of hydrogen-bond donors (Lipinski definition) is 1. The molecule has 1 saturated heterocycles. The summed E-state index contributed by atoms with van der Waals surface area (Å²) >= 11 is 0. The lowest BCUT2D eigenvalue weighted by atomic mass is 10.1. The topological polar surface area (TPSA) is 47.9 Å². The number of para-hydroxylation sites is 1. The Kier molecular flexibility index (Phi) is 4.99. The van der Waals surface area contributed by atoms with Gasteiger partial charge in [0.05, 0.1) is 19.8 Å². The molecule has 0 radical (unpaired) electrons. The fourth-order valence-electron chi connectivity index (χ4n) is 2.10. The Hall–Kier alpha value is -1.10. The van der Waals surface area contributed by atoms with Crippen LogP contribution in [0.3, 0.4) is 0 Å². The van der Waals surface area contributed by atoms with Gasteiger partial charge in [0, 0.05) is 18.8 Å². The van der Waals surface area contributed by atoms with E-state index in [1.54, 1.807) is 7.11 Å². The number of rotatable bonds is 5. The molecule has 1 aliphatic heterocycles. The van der Waals surface area contributed by atoms with Crippen LogP contribution in [0.2, 0.25) is 0 Å². The van der Waals surface area contributed by atoms with Crippen molar-refractivity contribution in [1.29, 1.82) is 0 Å². The van der Waals surface area contributed by atoms with E-state index >= 15 is 0 Å². The van der Waals surface area contributed by atoms with Crippen molar-refractivity contribution < 1.29 is 19.3 Å². The highest BCUT2D eigenvalue weighted by molar-refractivity contribution is 5.34. The van der Waals surface area contributed by atoms with Crippen LogP contribution >= 0.6 is 0 Å². The highest BCUT2D eigenvalue weighted by atomic mass is 16.5. The molecular weight excluding hydrogens is 232 g/mol. The highest BCUT2D eigenvalue weighted by Gasteiger charge is 2.18. The number of benzene rings is 1. The van der Waals surface area contributed by atoms with E-state index in [1.807, 2.05) is 24.3 Å². The maximum Gasteiger partial charge on any atom is 0.124 e. The van der Waals surface area contributed by atoms with Crippen LogP contribution in [0.25, 0.3) is 0 Å². The summed E-state index contributed by atoms with van der Waals surface area (Å²) in [6.07, 6.45) is 1.35. The summed E-state index contributed by atoms with van der Waals surface area (Å²) in [6.45, 7) is 1.79. The number of methoxy groups -OCH3 is 1. The van der Waals surface area contributed by atoms with Crippen LogP contribution in [0.5, 0.6) is 5.75 Å². The standard InChI is InChI=1S/C14H20O4/c1-16-14-5-3-2-4-12(14)13(15)10-18-11-6-8-17-9-7-11/h2-5,11,13,15H,6-10H2,1H3/t13-/m0/s1. The second-order valence-electron chi connectivity index (χ2n) is 4.40. The summed E-state index contributed by atoms with van der Waals surface area (Å²) in [5, 5.41) is 10.1. The summed E-state index contributed by atoms with van der Waals surface area (Å²) < 4.78 is 16.2. The van der Waals surface area contributed by atoms with Crippen molar-refractivity contribution in [2.75, 3.05) is 26.9 Å². The summed E-state index contributed by atoms with van der Waals surface area (Å²) in [6, 6.07) is 7.47. The third-order valence-electron chi connectivity index (χ3n) is 3.16. The Bertz CT molecular complexity index is 361. The van der Waals surface area contributed by atoms with Crippen LogP contribution < -0.4 is 4.74 Å². The Morgan fingerprint density at radius 2 is 2.06 bits per heavy atom. The largest absolute Gasteiger partial charge is 0.496 e. The van der Waals surface area contributed by atoms with Gasteiger partial charge in [-0.1, -0.05) is 18.2 Å². The van der Waals surface area contributed by atoms with E-state index in [0.717, 1.165) is 31.6 Å². The monoisotopic (exact) mass is 252 g/mol. The van der Waals surface area contributed by atoms with Crippen LogP contribution in [-0.4, -0.2) is 38.1 Å². The van der Waals surface area contributed by atoms with E-state index < -0.39 is 6.10 Å². The molecule has 1 N–H and O–H groups in total. The molecule has 1 aromatic rings. The minimum atomic E-state index is -0.649. The van der Waals surface area contributed by atoms with Gasteiger partial charge in [-0.25, -0.2) is 0 Å². The first kappa shape index (κ1) is 13.3. The van der Waals surface area contributed by atoms with E-state index in [2.05, 4.69) is 0 Å². The summed E-state index contributed by atoms with van der Waals surface area (Å²) in [7, 11) is 1.60. The van der Waals surface area contributed by atoms with Gasteiger partial charge in [0.2, 0.25) is 0 Å². The Balaban J connectivity index is 1.88. The van der Waals surface area contributed by atoms with Gasteiger partial charge in [0.15, 0.2) is 0 Å². The summed E-state index contributed by atoms with van der Waals surface area (Å²) in [5.74, 6) is 0.695. The Morgan fingerprint density at radius 3 is 2.78 bits per heavy atom. The van der Waals surface area contributed by atoms with Crippen LogP contribution in [0.4, 0.5) is 0 Å². The molecule has 0 spiro atoms. The molecule has 0 unspecified atom stereocenters. The third-order valence-corrected chi connectivity index (χ3v) is 3.16. The van der Waals surface area contributed by atoms with Crippen molar-refractivity contribution >= 4 is 0 Å². The summed E-state index contributed by atoms with van der Waals surface area (Å²) in [5.41, 5.74) is 0.770. The first-order valence-corrected chi connectivity index (χ1v) is 6.31. The molecule has 0 amide bonds. The Labute approximate surface area is 107 Å². The molecule has 4 heteroatoms. The zero-order valence-corrected chi connectivity index (χ0v) is 10.7. The fourth-order valence-corrected chi connectivity index (χ4v) is 2.10. The van der Waals surface area contributed by atoms with Gasteiger partial charge in [-0.3, -0.25) is 0 Å². The second-order valence-corrected chi connectivity index (χ2v) is 4.40. The van der Waals surface area contributed by atoms with Crippen molar-refractivity contribution in [2.24, 2.45) is 0 Å². The normalized spacial score (nSPS) is 18.6. The minimum Gasteiger partial charge on any atom is -0.496 e. The van der Waals surface area contributed by atoms with Gasteiger partial charge in [0.25, 0.3) is 0 Å². The SMILES string of the molecule is COc1ccccc1[C@@H](O)COC1CCOCC1. The number of aliphatic hydroxyl groups excluding tert-OH is 1. The molecule has 1 fully saturated rings. The van der Waals surface area contributed by atoms with Crippen molar-refractivity contribution in [1.82, 2.24) is 0 Å². The van der Waals surface area contributed by atoms with Gasteiger partial charge in [-0.2, -0.15) is 0 Å². The lowest BCUT2D eigenvalue weighted by Gasteiger charge is -2.24. The van der Waals surface area contributed by atoms with Crippen molar-refractivity contribution in [3.8, 4) is 5.75 Å². The van der Waals surface area contributed by atoms with Crippen LogP contribution in [0.15, 0.2) is 24.3 Å². The molecule has 18 heavy (non-hydrogen) atoms. The molecule has 2 rings (SSSR count). The van der Waals surface area contributed by atoms with Gasteiger partial charge >= 0.3 is 0 Å². The molecule has 0 bridgehead atoms. The maximum atomic E-state index is 10.1. The first-order chi connectivity index (χ1) is 8.81. The quantitative estimate of drug-likeness (QED) is 0.869. The molecule has 1 heterocycles. The number of aliphatic hydroxyl groups is 1. The second kappa shape index (κ2) is 6.73. The minimum absolute atomic E-state index is 0.197. The highest BCUT2D eigenvalue weighted by Crippen LogP contribution is 2.25. The molecule has 1 aliphatic rings. The molecule has 0 aromatic heterocycles. The van der Waals surface area contributed by atoms with E-state index in [0.29, 0.717) is 12.4 Å². The van der Waals surface area contributed by atoms with Crippen molar-refractivity contribution in [3.05, 3.63) is 29.8 Å². The lowest BCUT2D eigenvalue weighted by molar-refractivity contribution is -0.0601. The lowest BCUT2D eigenvalue weighted by Crippen LogP contribution is -2.25. The van der Waals surface area contributed by atoms with Crippen LogP contribution in [0.1, 0.15) is 24.5 Å². The van der Waals surface area contributed by atoms with Crippen molar-refractivity contribution in [3.63, 3.8) is 0 Å². The van der Waals surface area contributed by atoms with E-state index in [-0.39, 0.29) is 6.10 Å². The number of ether oxygens (including phenoxy) is 3. The van der Waals surface area contributed by atoms with Gasteiger partial charge in [-0.15, -0.1) is 0 Å². The average molecular weight is 252 g/mol. The smallest absolute Gasteiger partial charge is 0.124 e. The molecular formula is C14H20O4. The molecule has 0 saturated carbocycles. The molecule has 100 valence electrons. The maximum absolute atomic E-state index is 10.1. The molecule has 0 aliphatic carbocycles. The zero-order valence-electron chi connectivity index (χ0n) is 10.7. The van der Waals surface area contributed by atoms with Crippen molar-refractivity contribution in [2.45, 2.75) is 25.0 Å². The predicted octanol–water partition coefficient (Wildman–Crippen LogP) is 1.92. The van der Waals surface area contributed by atoms with Gasteiger partial charge in [0.1, 0.15) is 11.9 Å². The predicted molar refractivity (Wildman–Crippen MR) is 67.7 cm³/mol. The van der Waals surface area contributed by atoms with Gasteiger partial charge in [-0.05, 0) is 18.9 Å². The molecule has 1 aromatic carbocycles. The third kappa shape index (κ3) is 3.45. The van der Waals surface area contributed by atoms with Gasteiger partial charge < -0.3 is 19.3 Å².